The highest BCUT2D eigenvalue weighted by molar-refractivity contribution is 4.47. The summed E-state index contributed by atoms with van der Waals surface area (Å²) in [5.41, 5.74) is 0. The Morgan fingerprint density at radius 1 is 0.611 bits per heavy atom. The lowest BCUT2D eigenvalue weighted by Gasteiger charge is -2.23. The third-order valence-corrected chi connectivity index (χ3v) is 3.18. The summed E-state index contributed by atoms with van der Waals surface area (Å²) in [5, 5.41) is 8.25. The molecule has 18 heavy (non-hydrogen) atoms. The quantitative estimate of drug-likeness (QED) is 0.411. The molecule has 2 nitrogen and oxygen atoms in total. The molecule has 0 N–H and O–H groups in total. The first-order valence-electron chi connectivity index (χ1n) is 7.77. The van der Waals surface area contributed by atoms with E-state index in [1.807, 2.05) is 0 Å². The molecule has 0 aliphatic carbocycles. The molecule has 0 atom stereocenters. The van der Waals surface area contributed by atoms with E-state index in [1.165, 1.54) is 70.8 Å². The van der Waals surface area contributed by atoms with E-state index >= 15 is 0 Å². The highest BCUT2D eigenvalue weighted by Gasteiger charge is 2.04. The topological polar surface area (TPSA) is 23.1 Å². The maximum absolute atomic E-state index is 8.25. The summed E-state index contributed by atoms with van der Waals surface area (Å²) in [5.74, 6) is 0. The largest absolute Gasteiger partial charge is 0.857 e. The molecular formula is C16H37NO. The number of quaternary nitrogens is 1. The zero-order valence-corrected chi connectivity index (χ0v) is 13.6. The van der Waals surface area contributed by atoms with E-state index in [2.05, 4.69) is 28.1 Å². The van der Waals surface area contributed by atoms with Crippen molar-refractivity contribution in [2.45, 2.75) is 71.1 Å². The van der Waals surface area contributed by atoms with E-state index in [0.29, 0.717) is 0 Å². The Hall–Kier alpha value is -0.0800. The van der Waals surface area contributed by atoms with Gasteiger partial charge in [0.2, 0.25) is 0 Å². The van der Waals surface area contributed by atoms with Crippen LogP contribution in [0.3, 0.4) is 0 Å². The lowest BCUT2D eigenvalue weighted by molar-refractivity contribution is -0.870. The van der Waals surface area contributed by atoms with Gasteiger partial charge in [-0.05, 0) is 12.8 Å². The third-order valence-electron chi connectivity index (χ3n) is 3.18. The second-order valence-electron chi connectivity index (χ2n) is 6.20. The van der Waals surface area contributed by atoms with Gasteiger partial charge in [-0.3, -0.25) is 0 Å². The molecule has 0 heterocycles. The van der Waals surface area contributed by atoms with Gasteiger partial charge in [-0.25, -0.2) is 0 Å². The first-order chi connectivity index (χ1) is 8.56. The van der Waals surface area contributed by atoms with Crippen molar-refractivity contribution in [1.82, 2.24) is 0 Å². The van der Waals surface area contributed by atoms with Gasteiger partial charge in [0.15, 0.2) is 0 Å². The van der Waals surface area contributed by atoms with Crippen molar-refractivity contribution in [2.24, 2.45) is 0 Å². The standard InChI is InChI=1S/C15H34N.CH3O/c1-5-6-7-8-9-10-11-12-13-14-15-16(2,3)4;1-2/h5-15H2,1-4H3;1H3/q+1;-1. The number of nitrogens with zero attached hydrogens (tertiary/aromatic N) is 1. The maximum atomic E-state index is 8.25. The average Bonchev–Trinajstić information content (AvgIpc) is 2.33. The summed E-state index contributed by atoms with van der Waals surface area (Å²) in [7, 11) is 7.61. The zero-order valence-electron chi connectivity index (χ0n) is 13.6. The van der Waals surface area contributed by atoms with Crippen molar-refractivity contribution in [3.63, 3.8) is 0 Å². The summed E-state index contributed by atoms with van der Waals surface area (Å²) >= 11 is 0. The van der Waals surface area contributed by atoms with Crippen molar-refractivity contribution in [3.05, 3.63) is 0 Å². The van der Waals surface area contributed by atoms with Gasteiger partial charge in [-0.1, -0.05) is 58.3 Å². The Kier molecular flexibility index (Phi) is 16.8. The minimum Gasteiger partial charge on any atom is -0.857 e. The van der Waals surface area contributed by atoms with Crippen LogP contribution >= 0.6 is 0 Å². The molecule has 0 saturated carbocycles. The van der Waals surface area contributed by atoms with Gasteiger partial charge in [0.1, 0.15) is 0 Å². The summed E-state index contributed by atoms with van der Waals surface area (Å²) in [4.78, 5) is 0. The lowest BCUT2D eigenvalue weighted by atomic mass is 10.1. The number of unbranched alkanes of at least 4 members (excludes halogenated alkanes) is 9. The summed E-state index contributed by atoms with van der Waals surface area (Å²) in [6.07, 6.45) is 14.4. The van der Waals surface area contributed by atoms with E-state index in [9.17, 15) is 0 Å². The van der Waals surface area contributed by atoms with Gasteiger partial charge < -0.3 is 9.59 Å². The van der Waals surface area contributed by atoms with Crippen LogP contribution in [0.25, 0.3) is 0 Å². The molecule has 0 spiro atoms. The van der Waals surface area contributed by atoms with Crippen molar-refractivity contribution < 1.29 is 9.59 Å². The molecule has 0 aromatic heterocycles. The van der Waals surface area contributed by atoms with E-state index in [0.717, 1.165) is 11.6 Å². The van der Waals surface area contributed by atoms with Crippen molar-refractivity contribution in [2.75, 3.05) is 34.8 Å². The molecule has 0 aliphatic heterocycles. The second kappa shape index (κ2) is 15.0. The Morgan fingerprint density at radius 2 is 0.944 bits per heavy atom. The molecule has 0 unspecified atom stereocenters. The van der Waals surface area contributed by atoms with Crippen molar-refractivity contribution in [1.29, 1.82) is 0 Å². The molecule has 0 amide bonds. The summed E-state index contributed by atoms with van der Waals surface area (Å²) in [6, 6.07) is 0. The van der Waals surface area contributed by atoms with Crippen LogP contribution in [0.2, 0.25) is 0 Å². The molecule has 0 radical (unpaired) electrons. The van der Waals surface area contributed by atoms with Crippen LogP contribution in [0.1, 0.15) is 71.1 Å². The number of hydrogen-bond acceptors (Lipinski definition) is 1. The van der Waals surface area contributed by atoms with Gasteiger partial charge >= 0.3 is 0 Å². The fourth-order valence-electron chi connectivity index (χ4n) is 2.07. The monoisotopic (exact) mass is 259 g/mol. The van der Waals surface area contributed by atoms with Crippen LogP contribution in [0.4, 0.5) is 0 Å². The predicted octanol–water partition coefficient (Wildman–Crippen LogP) is 3.59. The summed E-state index contributed by atoms with van der Waals surface area (Å²) in [6.45, 7) is 3.62. The Labute approximate surface area is 116 Å². The molecule has 0 aliphatic rings. The van der Waals surface area contributed by atoms with Crippen LogP contribution in [0.5, 0.6) is 0 Å². The van der Waals surface area contributed by atoms with Crippen molar-refractivity contribution >= 4 is 0 Å². The van der Waals surface area contributed by atoms with E-state index < -0.39 is 0 Å². The van der Waals surface area contributed by atoms with Gasteiger partial charge in [-0.15, -0.1) is 0 Å². The average molecular weight is 259 g/mol. The van der Waals surface area contributed by atoms with Crippen LogP contribution in [0.15, 0.2) is 0 Å². The molecule has 0 saturated heterocycles. The highest BCUT2D eigenvalue weighted by Crippen LogP contribution is 2.10. The molecule has 0 aromatic rings. The fourth-order valence-corrected chi connectivity index (χ4v) is 2.07. The minimum absolute atomic E-state index is 0.750. The van der Waals surface area contributed by atoms with Gasteiger partial charge in [0.25, 0.3) is 0 Å². The molecule has 0 aromatic carbocycles. The smallest absolute Gasteiger partial charge is 0.0780 e. The Morgan fingerprint density at radius 3 is 1.28 bits per heavy atom. The Balaban J connectivity index is 0. The van der Waals surface area contributed by atoms with Gasteiger partial charge in [0, 0.05) is 0 Å². The number of rotatable bonds is 11. The van der Waals surface area contributed by atoms with Crippen molar-refractivity contribution in [3.8, 4) is 0 Å². The van der Waals surface area contributed by atoms with Gasteiger partial charge in [-0.2, -0.15) is 7.11 Å². The molecule has 2 heteroatoms. The summed E-state index contributed by atoms with van der Waals surface area (Å²) < 4.78 is 1.12. The first-order valence-corrected chi connectivity index (χ1v) is 7.77. The second-order valence-corrected chi connectivity index (χ2v) is 6.20. The molecule has 0 rings (SSSR count). The normalized spacial score (nSPS) is 11.0. The van der Waals surface area contributed by atoms with Crippen LogP contribution in [-0.4, -0.2) is 39.3 Å². The molecule has 0 fully saturated rings. The third kappa shape index (κ3) is 21.2. The highest BCUT2D eigenvalue weighted by atomic mass is 16.2. The van der Waals surface area contributed by atoms with Crippen LogP contribution in [-0.2, 0) is 0 Å². The zero-order chi connectivity index (χ0) is 14.3. The fraction of sp³-hybridized carbons (Fsp3) is 1.00. The Bertz CT molecular complexity index is 141. The first kappa shape index (κ1) is 20.2. The van der Waals surface area contributed by atoms with Crippen LogP contribution in [0, 0.1) is 0 Å². The lowest BCUT2D eigenvalue weighted by Crippen LogP contribution is -2.35. The maximum Gasteiger partial charge on any atom is 0.0780 e. The minimum atomic E-state index is 0.750. The van der Waals surface area contributed by atoms with Gasteiger partial charge in [0.05, 0.1) is 27.7 Å². The van der Waals surface area contributed by atoms with E-state index in [4.69, 9.17) is 5.11 Å². The molecule has 0 bridgehead atoms. The molecule has 112 valence electrons. The number of hydrogen-bond donors (Lipinski definition) is 0. The van der Waals surface area contributed by atoms with E-state index in [1.54, 1.807) is 0 Å². The SMILES string of the molecule is CCCCCCCCCCCC[N+](C)(C)C.C[O-]. The van der Waals surface area contributed by atoms with E-state index in [-0.39, 0.29) is 0 Å². The molecular weight excluding hydrogens is 222 g/mol. The predicted molar refractivity (Wildman–Crippen MR) is 80.7 cm³/mol. The van der Waals surface area contributed by atoms with Crippen LogP contribution < -0.4 is 5.11 Å².